The van der Waals surface area contributed by atoms with Crippen LogP contribution >= 0.6 is 0 Å². The van der Waals surface area contributed by atoms with E-state index in [2.05, 4.69) is 161 Å². The van der Waals surface area contributed by atoms with Gasteiger partial charge in [-0.15, -0.1) is 0 Å². The van der Waals surface area contributed by atoms with Crippen LogP contribution in [0.2, 0.25) is 0 Å². The van der Waals surface area contributed by atoms with Crippen LogP contribution in [0.4, 0.5) is 0 Å². The Labute approximate surface area is 310 Å². The summed E-state index contributed by atoms with van der Waals surface area (Å²) >= 11 is 0. The van der Waals surface area contributed by atoms with E-state index in [1.54, 1.807) is 0 Å². The van der Waals surface area contributed by atoms with Crippen LogP contribution in [0.5, 0.6) is 0 Å². The summed E-state index contributed by atoms with van der Waals surface area (Å²) in [5, 5.41) is 15.1. The summed E-state index contributed by atoms with van der Waals surface area (Å²) in [6.45, 7) is 0.0265. The summed E-state index contributed by atoms with van der Waals surface area (Å²) in [6, 6.07) is 61.3. The van der Waals surface area contributed by atoms with Crippen molar-refractivity contribution in [2.75, 3.05) is 0 Å². The van der Waals surface area contributed by atoms with Crippen LogP contribution in [0.15, 0.2) is 158 Å². The fourth-order valence-corrected chi connectivity index (χ4v) is 11.5. The smallest absolute Gasteiger partial charge is 0.252 e. The number of aromatic nitrogens is 2. The second kappa shape index (κ2) is 9.10. The fraction of sp³-hybridized carbons (Fsp3) is 0.0200. The van der Waals surface area contributed by atoms with Crippen LogP contribution in [0.25, 0.3) is 77.2 Å². The van der Waals surface area contributed by atoms with Crippen LogP contribution < -0.4 is 16.4 Å². The molecule has 4 heteroatoms. The third kappa shape index (κ3) is 2.80. The van der Waals surface area contributed by atoms with Gasteiger partial charge in [0, 0.05) is 43.8 Å². The molecule has 0 fully saturated rings. The lowest BCUT2D eigenvalue weighted by atomic mass is 9.33. The Bertz CT molecular complexity index is 3420. The monoisotopic (exact) mass is 679 g/mol. The summed E-state index contributed by atoms with van der Waals surface area (Å²) in [5.41, 5.74) is 22.1. The predicted molar refractivity (Wildman–Crippen MR) is 221 cm³/mol. The number of nitriles is 1. The highest BCUT2D eigenvalue weighted by molar-refractivity contribution is 7.00. The number of hydrogen-bond donors (Lipinski definition) is 0. The molecule has 0 radical (unpaired) electrons. The van der Waals surface area contributed by atoms with Gasteiger partial charge in [0.15, 0.2) is 0 Å². The standard InChI is InChI=1S/C50H26BN3/c52-27-28-22-24-29(25-23-28)36-26-40-49-44-48(36)53-43-21-6-3-12-32(43)33-14-8-19-41(46(33)53)51(44)42-20-9-15-35-34-13-7-18-39(45(34)54(49)47(35)42)50(40)37-16-4-1-10-30(37)31-11-2-5-17-38(31)50/h1-26H. The molecule has 14 rings (SSSR count). The molecule has 10 aromatic rings. The quantitative estimate of drug-likeness (QED) is 0.159. The van der Waals surface area contributed by atoms with Crippen molar-refractivity contribution >= 4 is 66.7 Å². The highest BCUT2D eigenvalue weighted by Crippen LogP contribution is 2.62. The summed E-state index contributed by atoms with van der Waals surface area (Å²) in [6.07, 6.45) is 0. The van der Waals surface area contributed by atoms with E-state index in [-0.39, 0.29) is 6.71 Å². The van der Waals surface area contributed by atoms with Crippen molar-refractivity contribution in [1.82, 2.24) is 9.13 Å². The number of rotatable bonds is 1. The van der Waals surface area contributed by atoms with E-state index in [1.807, 2.05) is 12.1 Å². The summed E-state index contributed by atoms with van der Waals surface area (Å²) in [4.78, 5) is 0. The molecule has 0 saturated carbocycles. The molecule has 0 N–H and O–H groups in total. The van der Waals surface area contributed by atoms with Crippen LogP contribution in [0.3, 0.4) is 0 Å². The first-order chi connectivity index (χ1) is 26.8. The summed E-state index contributed by atoms with van der Waals surface area (Å²) in [7, 11) is 0. The third-order valence-corrected chi connectivity index (χ3v) is 13.3. The molecule has 54 heavy (non-hydrogen) atoms. The second-order valence-electron chi connectivity index (χ2n) is 15.4. The fourth-order valence-electron chi connectivity index (χ4n) is 11.5. The minimum Gasteiger partial charge on any atom is -0.310 e. The first-order valence-electron chi connectivity index (χ1n) is 18.8. The zero-order chi connectivity index (χ0) is 35.0. The van der Waals surface area contributed by atoms with E-state index in [4.69, 9.17) is 0 Å². The molecule has 244 valence electrons. The minimum atomic E-state index is -0.546. The van der Waals surface area contributed by atoms with Crippen molar-refractivity contribution in [2.45, 2.75) is 5.41 Å². The molecule has 4 aliphatic rings. The van der Waals surface area contributed by atoms with E-state index in [1.165, 1.54) is 110 Å². The molecule has 2 aromatic heterocycles. The molecule has 3 aliphatic heterocycles. The highest BCUT2D eigenvalue weighted by atomic mass is 15.1. The maximum atomic E-state index is 9.88. The van der Waals surface area contributed by atoms with Crippen molar-refractivity contribution in [3.63, 3.8) is 0 Å². The maximum absolute atomic E-state index is 9.88. The van der Waals surface area contributed by atoms with Crippen molar-refractivity contribution in [3.05, 3.63) is 186 Å². The Kier molecular flexibility index (Phi) is 4.64. The average molecular weight is 680 g/mol. The van der Waals surface area contributed by atoms with Crippen LogP contribution in [-0.2, 0) is 5.41 Å². The third-order valence-electron chi connectivity index (χ3n) is 13.3. The maximum Gasteiger partial charge on any atom is 0.252 e. The van der Waals surface area contributed by atoms with E-state index in [0.717, 1.165) is 5.56 Å². The number of para-hydroxylation sites is 4. The molecular formula is C50H26BN3. The van der Waals surface area contributed by atoms with Gasteiger partial charge in [-0.25, -0.2) is 0 Å². The Morgan fingerprint density at radius 1 is 0.463 bits per heavy atom. The molecule has 3 nitrogen and oxygen atoms in total. The molecular weight excluding hydrogens is 653 g/mol. The highest BCUT2D eigenvalue weighted by Gasteiger charge is 2.54. The average Bonchev–Trinajstić information content (AvgIpc) is 3.86. The van der Waals surface area contributed by atoms with Crippen LogP contribution in [-0.4, -0.2) is 15.8 Å². The van der Waals surface area contributed by atoms with Gasteiger partial charge in [0.25, 0.3) is 6.71 Å². The van der Waals surface area contributed by atoms with Gasteiger partial charge < -0.3 is 9.13 Å². The topological polar surface area (TPSA) is 33.6 Å². The van der Waals surface area contributed by atoms with Gasteiger partial charge in [0.1, 0.15) is 0 Å². The lowest BCUT2D eigenvalue weighted by Gasteiger charge is -2.44. The van der Waals surface area contributed by atoms with E-state index in [9.17, 15) is 5.26 Å². The number of hydrogen-bond acceptors (Lipinski definition) is 1. The Hall–Kier alpha value is -7.09. The first-order valence-corrected chi connectivity index (χ1v) is 18.8. The lowest BCUT2D eigenvalue weighted by molar-refractivity contribution is 0.749. The molecule has 1 spiro atoms. The van der Waals surface area contributed by atoms with Crippen molar-refractivity contribution in [2.24, 2.45) is 0 Å². The lowest BCUT2D eigenvalue weighted by Crippen LogP contribution is -2.60. The van der Waals surface area contributed by atoms with Crippen LogP contribution in [0, 0.1) is 11.3 Å². The van der Waals surface area contributed by atoms with Crippen molar-refractivity contribution in [1.29, 1.82) is 5.26 Å². The molecule has 0 unspecified atom stereocenters. The normalized spacial score (nSPS) is 14.4. The molecule has 1 aliphatic carbocycles. The number of benzene rings is 8. The van der Waals surface area contributed by atoms with Crippen molar-refractivity contribution < 1.29 is 0 Å². The zero-order valence-corrected chi connectivity index (χ0v) is 28.9. The number of fused-ring (bicyclic) bond motifs is 14. The Balaban J connectivity index is 1.31. The minimum absolute atomic E-state index is 0.0265. The molecule has 0 saturated heterocycles. The van der Waals surface area contributed by atoms with Crippen molar-refractivity contribution in [3.8, 4) is 39.7 Å². The zero-order valence-electron chi connectivity index (χ0n) is 28.9. The van der Waals surface area contributed by atoms with E-state index in [0.29, 0.717) is 5.56 Å². The van der Waals surface area contributed by atoms with Gasteiger partial charge in [-0.05, 0) is 79.6 Å². The van der Waals surface area contributed by atoms with Gasteiger partial charge in [-0.1, -0.05) is 133 Å². The van der Waals surface area contributed by atoms with Gasteiger partial charge in [0.2, 0.25) is 0 Å². The molecule has 8 aromatic carbocycles. The van der Waals surface area contributed by atoms with Gasteiger partial charge in [-0.2, -0.15) is 5.26 Å². The predicted octanol–water partition coefficient (Wildman–Crippen LogP) is 9.24. The second-order valence-corrected chi connectivity index (χ2v) is 15.4. The summed E-state index contributed by atoms with van der Waals surface area (Å²) in [5.74, 6) is 0. The Morgan fingerprint density at radius 3 is 1.76 bits per heavy atom. The van der Waals surface area contributed by atoms with Gasteiger partial charge >= 0.3 is 0 Å². The summed E-state index contributed by atoms with van der Waals surface area (Å²) < 4.78 is 5.24. The molecule has 5 heterocycles. The Morgan fingerprint density at radius 2 is 1.04 bits per heavy atom. The molecule has 0 amide bonds. The first kappa shape index (κ1) is 27.6. The van der Waals surface area contributed by atoms with Gasteiger partial charge in [-0.3, -0.25) is 0 Å². The van der Waals surface area contributed by atoms with E-state index >= 15 is 0 Å². The molecule has 0 atom stereocenters. The number of nitrogens with zero attached hydrogens (tertiary/aromatic N) is 3. The van der Waals surface area contributed by atoms with E-state index < -0.39 is 5.41 Å². The van der Waals surface area contributed by atoms with Gasteiger partial charge in [0.05, 0.1) is 33.8 Å². The largest absolute Gasteiger partial charge is 0.310 e. The van der Waals surface area contributed by atoms with Crippen LogP contribution in [0.1, 0.15) is 27.8 Å². The molecule has 0 bridgehead atoms. The SMILES string of the molecule is N#Cc1ccc(-c2cc3c4c5c2-n2c6ccccc6c6cccc(c62)B5c2cccc5c6cccc(c6n-4c25)C32c3ccccc3-c3ccccc32)cc1.